The van der Waals surface area contributed by atoms with E-state index in [1.54, 1.807) is 0 Å². The van der Waals surface area contributed by atoms with Crippen molar-refractivity contribution in [3.05, 3.63) is 17.0 Å². The van der Waals surface area contributed by atoms with Gasteiger partial charge in [0.05, 0.1) is 5.69 Å². The lowest BCUT2D eigenvalue weighted by Gasteiger charge is -2.00. The molecule has 0 atom stereocenters. The average molecular weight is 179 g/mol. The molecule has 13 heavy (non-hydrogen) atoms. The number of nitrogens with one attached hydrogen (secondary N) is 2. The molecule has 1 aliphatic rings. The molecule has 0 aromatic carbocycles. The molecule has 2 rings (SSSR count). The molecule has 0 radical (unpaired) electrons. The van der Waals surface area contributed by atoms with E-state index in [1.165, 1.54) is 29.8 Å². The van der Waals surface area contributed by atoms with Crippen LogP contribution in [0.1, 0.15) is 29.8 Å². The molecule has 1 heterocycles. The van der Waals surface area contributed by atoms with Gasteiger partial charge >= 0.3 is 0 Å². The standard InChI is InChI=1S/C10H17N3/c1-7-8(2)12-13-10(7)5-6-11-9-3-4-9/h9,11H,3-6H2,1-2H3,(H,12,13). The normalized spacial score (nSPS) is 16.5. The lowest BCUT2D eigenvalue weighted by atomic mass is 10.2. The van der Waals surface area contributed by atoms with E-state index >= 15 is 0 Å². The molecule has 0 saturated heterocycles. The number of aromatic amines is 1. The summed E-state index contributed by atoms with van der Waals surface area (Å²) in [6, 6.07) is 0.806. The van der Waals surface area contributed by atoms with Crippen molar-refractivity contribution in [2.24, 2.45) is 0 Å². The van der Waals surface area contributed by atoms with Crippen LogP contribution in [0.4, 0.5) is 0 Å². The summed E-state index contributed by atoms with van der Waals surface area (Å²) in [5.41, 5.74) is 3.73. The minimum Gasteiger partial charge on any atom is -0.314 e. The third-order valence-corrected chi connectivity index (χ3v) is 2.73. The number of H-pyrrole nitrogens is 1. The molecule has 1 aromatic heterocycles. The number of aryl methyl sites for hydroxylation is 1. The molecule has 1 saturated carbocycles. The van der Waals surface area contributed by atoms with Gasteiger partial charge in [0.2, 0.25) is 0 Å². The van der Waals surface area contributed by atoms with Crippen molar-refractivity contribution in [3.8, 4) is 0 Å². The van der Waals surface area contributed by atoms with E-state index in [0.29, 0.717) is 0 Å². The molecular formula is C10H17N3. The first-order chi connectivity index (χ1) is 6.27. The first-order valence-electron chi connectivity index (χ1n) is 5.01. The highest BCUT2D eigenvalue weighted by atomic mass is 15.1. The first-order valence-corrected chi connectivity index (χ1v) is 5.01. The van der Waals surface area contributed by atoms with Crippen LogP contribution >= 0.6 is 0 Å². The summed E-state index contributed by atoms with van der Waals surface area (Å²) in [5.74, 6) is 0. The summed E-state index contributed by atoms with van der Waals surface area (Å²) >= 11 is 0. The quantitative estimate of drug-likeness (QED) is 0.732. The second-order valence-electron chi connectivity index (χ2n) is 3.90. The van der Waals surface area contributed by atoms with Crippen molar-refractivity contribution in [2.45, 2.75) is 39.2 Å². The summed E-state index contributed by atoms with van der Waals surface area (Å²) in [6.45, 7) is 5.27. The Hall–Kier alpha value is -0.830. The summed E-state index contributed by atoms with van der Waals surface area (Å²) in [7, 11) is 0. The molecule has 0 unspecified atom stereocenters. The molecule has 72 valence electrons. The van der Waals surface area contributed by atoms with E-state index in [9.17, 15) is 0 Å². The van der Waals surface area contributed by atoms with Crippen molar-refractivity contribution in [2.75, 3.05) is 6.54 Å². The molecular weight excluding hydrogens is 162 g/mol. The van der Waals surface area contributed by atoms with Gasteiger partial charge in [0, 0.05) is 24.7 Å². The second kappa shape index (κ2) is 3.50. The summed E-state index contributed by atoms with van der Waals surface area (Å²) in [5, 5.41) is 10.8. The fraction of sp³-hybridized carbons (Fsp3) is 0.700. The fourth-order valence-electron chi connectivity index (χ4n) is 1.46. The highest BCUT2D eigenvalue weighted by Gasteiger charge is 2.19. The van der Waals surface area contributed by atoms with E-state index in [0.717, 1.165) is 19.0 Å². The van der Waals surface area contributed by atoms with Gasteiger partial charge in [-0.05, 0) is 32.3 Å². The van der Waals surface area contributed by atoms with E-state index in [2.05, 4.69) is 29.4 Å². The molecule has 3 heteroatoms. The Morgan fingerprint density at radius 2 is 2.23 bits per heavy atom. The van der Waals surface area contributed by atoms with Crippen LogP contribution in [0.5, 0.6) is 0 Å². The number of rotatable bonds is 4. The monoisotopic (exact) mass is 179 g/mol. The van der Waals surface area contributed by atoms with Crippen LogP contribution in [-0.2, 0) is 6.42 Å². The van der Waals surface area contributed by atoms with Gasteiger partial charge in [0.15, 0.2) is 0 Å². The Morgan fingerprint density at radius 1 is 1.46 bits per heavy atom. The van der Waals surface area contributed by atoms with E-state index < -0.39 is 0 Å². The van der Waals surface area contributed by atoms with Crippen LogP contribution < -0.4 is 5.32 Å². The van der Waals surface area contributed by atoms with Gasteiger partial charge in [-0.2, -0.15) is 5.10 Å². The highest BCUT2D eigenvalue weighted by molar-refractivity contribution is 5.22. The van der Waals surface area contributed by atoms with E-state index in [1.807, 2.05) is 0 Å². The Kier molecular flexibility index (Phi) is 2.36. The van der Waals surface area contributed by atoms with Crippen molar-refractivity contribution in [1.82, 2.24) is 15.5 Å². The Bertz CT molecular complexity index is 286. The summed E-state index contributed by atoms with van der Waals surface area (Å²) in [4.78, 5) is 0. The van der Waals surface area contributed by atoms with Gasteiger partial charge in [-0.3, -0.25) is 5.10 Å². The molecule has 0 amide bonds. The number of hydrogen-bond acceptors (Lipinski definition) is 2. The third kappa shape index (κ3) is 2.10. The zero-order valence-electron chi connectivity index (χ0n) is 8.35. The fourth-order valence-corrected chi connectivity index (χ4v) is 1.46. The van der Waals surface area contributed by atoms with Gasteiger partial charge in [0.25, 0.3) is 0 Å². The van der Waals surface area contributed by atoms with Crippen LogP contribution in [0.25, 0.3) is 0 Å². The van der Waals surface area contributed by atoms with Crippen molar-refractivity contribution >= 4 is 0 Å². The minimum absolute atomic E-state index is 0.806. The molecule has 0 aliphatic heterocycles. The molecule has 0 bridgehead atoms. The Morgan fingerprint density at radius 3 is 2.77 bits per heavy atom. The largest absolute Gasteiger partial charge is 0.314 e. The van der Waals surface area contributed by atoms with Crippen molar-refractivity contribution in [3.63, 3.8) is 0 Å². The topological polar surface area (TPSA) is 40.7 Å². The number of aromatic nitrogens is 2. The maximum Gasteiger partial charge on any atom is 0.0666 e. The average Bonchev–Trinajstić information content (AvgIpc) is 2.88. The number of nitrogens with zero attached hydrogens (tertiary/aromatic N) is 1. The smallest absolute Gasteiger partial charge is 0.0666 e. The second-order valence-corrected chi connectivity index (χ2v) is 3.90. The van der Waals surface area contributed by atoms with Gasteiger partial charge in [-0.1, -0.05) is 0 Å². The molecule has 3 nitrogen and oxygen atoms in total. The first kappa shape index (κ1) is 8.75. The van der Waals surface area contributed by atoms with Gasteiger partial charge < -0.3 is 5.32 Å². The SMILES string of the molecule is Cc1[nH]nc(CCNC2CC2)c1C. The molecule has 1 aliphatic carbocycles. The summed E-state index contributed by atoms with van der Waals surface area (Å²) in [6.07, 6.45) is 3.77. The molecule has 1 fully saturated rings. The number of hydrogen-bond donors (Lipinski definition) is 2. The van der Waals surface area contributed by atoms with Crippen molar-refractivity contribution < 1.29 is 0 Å². The zero-order chi connectivity index (χ0) is 9.26. The molecule has 2 N–H and O–H groups in total. The van der Waals surface area contributed by atoms with Crippen molar-refractivity contribution in [1.29, 1.82) is 0 Å². The lowest BCUT2D eigenvalue weighted by molar-refractivity contribution is 0.673. The maximum absolute atomic E-state index is 4.27. The van der Waals surface area contributed by atoms with Gasteiger partial charge in [-0.15, -0.1) is 0 Å². The predicted octanol–water partition coefficient (Wildman–Crippen LogP) is 1.32. The van der Waals surface area contributed by atoms with E-state index in [-0.39, 0.29) is 0 Å². The predicted molar refractivity (Wildman–Crippen MR) is 52.8 cm³/mol. The Labute approximate surface area is 78.9 Å². The van der Waals surface area contributed by atoms with Crippen LogP contribution in [-0.4, -0.2) is 22.8 Å². The minimum atomic E-state index is 0.806. The summed E-state index contributed by atoms with van der Waals surface area (Å²) < 4.78 is 0. The lowest BCUT2D eigenvalue weighted by Crippen LogP contribution is -2.19. The molecule has 1 aromatic rings. The zero-order valence-corrected chi connectivity index (χ0v) is 8.35. The maximum atomic E-state index is 4.27. The van der Waals surface area contributed by atoms with E-state index in [4.69, 9.17) is 0 Å². The van der Waals surface area contributed by atoms with Gasteiger partial charge in [0.1, 0.15) is 0 Å². The van der Waals surface area contributed by atoms with Crippen LogP contribution in [0, 0.1) is 13.8 Å². The van der Waals surface area contributed by atoms with Crippen LogP contribution in [0.2, 0.25) is 0 Å². The van der Waals surface area contributed by atoms with Gasteiger partial charge in [-0.25, -0.2) is 0 Å². The molecule has 0 spiro atoms. The third-order valence-electron chi connectivity index (χ3n) is 2.73. The van der Waals surface area contributed by atoms with Crippen LogP contribution in [0.15, 0.2) is 0 Å². The Balaban J connectivity index is 1.82. The highest BCUT2D eigenvalue weighted by Crippen LogP contribution is 2.18. The van der Waals surface area contributed by atoms with Crippen LogP contribution in [0.3, 0.4) is 0 Å².